The molecule has 0 aromatic heterocycles. The molecule has 1 aromatic rings. The molecule has 0 spiro atoms. The van der Waals surface area contributed by atoms with Gasteiger partial charge < -0.3 is 10.5 Å². The second kappa shape index (κ2) is 4.39. The maximum absolute atomic E-state index is 12.1. The summed E-state index contributed by atoms with van der Waals surface area (Å²) in [5.74, 6) is -3.04. The van der Waals surface area contributed by atoms with Crippen LogP contribution >= 0.6 is 0 Å². The van der Waals surface area contributed by atoms with Gasteiger partial charge in [-0.05, 0) is 12.1 Å². The number of ether oxygens (including phenoxy) is 1. The van der Waals surface area contributed by atoms with Gasteiger partial charge in [-0.1, -0.05) is 0 Å². The lowest BCUT2D eigenvalue weighted by Gasteiger charge is -2.11. The monoisotopic (exact) mass is 273 g/mol. The number of nitrogen functional groups attached to an aromatic ring is 1. The first kappa shape index (κ1) is 14.1. The van der Waals surface area contributed by atoms with Crippen LogP contribution in [-0.2, 0) is 0 Å². The Bertz CT molecular complexity index is 465. The summed E-state index contributed by atoms with van der Waals surface area (Å²) in [5, 5.41) is 0. The van der Waals surface area contributed by atoms with Crippen LogP contribution in [0.4, 0.5) is 32.0 Å². The number of halogens is 6. The normalized spacial score (nSPS) is 12.3. The van der Waals surface area contributed by atoms with Crippen molar-refractivity contribution in [2.24, 2.45) is 0 Å². The topological polar surface area (TPSA) is 52.3 Å². The Morgan fingerprint density at radius 3 is 2.06 bits per heavy atom. The molecule has 100 valence electrons. The van der Waals surface area contributed by atoms with Gasteiger partial charge in [0.2, 0.25) is 0 Å². The SMILES string of the molecule is Nc1cc(OC(F)(F)F)ccc1C(=O)C(F)(F)F. The minimum Gasteiger partial charge on any atom is -0.406 e. The highest BCUT2D eigenvalue weighted by molar-refractivity contribution is 6.04. The molecule has 0 saturated carbocycles. The molecule has 0 fully saturated rings. The van der Waals surface area contributed by atoms with Crippen LogP contribution in [0.2, 0.25) is 0 Å². The molecule has 2 N–H and O–H groups in total. The van der Waals surface area contributed by atoms with Gasteiger partial charge in [-0.3, -0.25) is 4.79 Å². The molecule has 9 heteroatoms. The minimum absolute atomic E-state index is 0.493. The van der Waals surface area contributed by atoms with Crippen molar-refractivity contribution in [1.82, 2.24) is 0 Å². The molecule has 0 aliphatic rings. The van der Waals surface area contributed by atoms with Gasteiger partial charge in [-0.25, -0.2) is 0 Å². The predicted molar refractivity (Wildman–Crippen MR) is 47.9 cm³/mol. The third kappa shape index (κ3) is 3.54. The number of anilines is 1. The zero-order chi connectivity index (χ0) is 14.1. The molecular formula is C9H5F6NO2. The number of carbonyl (C=O) groups is 1. The number of rotatable bonds is 2. The number of ketones is 1. The largest absolute Gasteiger partial charge is 0.573 e. The molecule has 0 atom stereocenters. The zero-order valence-electron chi connectivity index (χ0n) is 8.39. The molecular weight excluding hydrogens is 268 g/mol. The lowest BCUT2D eigenvalue weighted by molar-refractivity contribution is -0.274. The number of nitrogens with two attached hydrogens (primary N) is 1. The fourth-order valence-corrected chi connectivity index (χ4v) is 1.10. The number of alkyl halides is 6. The highest BCUT2D eigenvalue weighted by Gasteiger charge is 2.40. The Morgan fingerprint density at radius 2 is 1.67 bits per heavy atom. The molecule has 1 aromatic carbocycles. The van der Waals surface area contributed by atoms with Gasteiger partial charge in [0.05, 0.1) is 5.56 Å². The Morgan fingerprint density at radius 1 is 1.11 bits per heavy atom. The Kier molecular flexibility index (Phi) is 3.45. The van der Waals surface area contributed by atoms with Gasteiger partial charge in [0, 0.05) is 11.8 Å². The third-order valence-electron chi connectivity index (χ3n) is 1.76. The van der Waals surface area contributed by atoms with Crippen molar-refractivity contribution in [2.75, 3.05) is 5.73 Å². The minimum atomic E-state index is -5.15. The van der Waals surface area contributed by atoms with E-state index in [0.29, 0.717) is 18.2 Å². The fourth-order valence-electron chi connectivity index (χ4n) is 1.10. The van der Waals surface area contributed by atoms with Gasteiger partial charge in [0.15, 0.2) is 0 Å². The summed E-state index contributed by atoms with van der Waals surface area (Å²) in [7, 11) is 0. The van der Waals surface area contributed by atoms with Crippen LogP contribution in [-0.4, -0.2) is 18.3 Å². The molecule has 0 unspecified atom stereocenters. The zero-order valence-corrected chi connectivity index (χ0v) is 8.39. The Balaban J connectivity index is 3.04. The molecule has 0 bridgehead atoms. The van der Waals surface area contributed by atoms with Crippen molar-refractivity contribution in [2.45, 2.75) is 12.5 Å². The van der Waals surface area contributed by atoms with Crippen LogP contribution in [0.5, 0.6) is 5.75 Å². The molecule has 1 rings (SSSR count). The van der Waals surface area contributed by atoms with Crippen LogP contribution < -0.4 is 10.5 Å². The Labute approximate surface area is 96.1 Å². The molecule has 3 nitrogen and oxygen atoms in total. The van der Waals surface area contributed by atoms with Crippen molar-refractivity contribution in [3.05, 3.63) is 23.8 Å². The first-order chi connectivity index (χ1) is 8.00. The van der Waals surface area contributed by atoms with Crippen molar-refractivity contribution in [3.8, 4) is 5.75 Å². The molecule has 18 heavy (non-hydrogen) atoms. The summed E-state index contributed by atoms with van der Waals surface area (Å²) in [4.78, 5) is 10.8. The van der Waals surface area contributed by atoms with E-state index in [1.54, 1.807) is 0 Å². The average Bonchev–Trinajstić information content (AvgIpc) is 2.12. The van der Waals surface area contributed by atoms with Crippen LogP contribution in [0.1, 0.15) is 10.4 Å². The van der Waals surface area contributed by atoms with E-state index in [-0.39, 0.29) is 0 Å². The summed E-state index contributed by atoms with van der Waals surface area (Å²) < 4.78 is 75.1. The van der Waals surface area contributed by atoms with Crippen molar-refractivity contribution in [3.63, 3.8) is 0 Å². The van der Waals surface area contributed by atoms with Crippen LogP contribution in [0.3, 0.4) is 0 Å². The maximum atomic E-state index is 12.1. The molecule has 0 heterocycles. The van der Waals surface area contributed by atoms with Crippen LogP contribution in [0.15, 0.2) is 18.2 Å². The number of hydrogen-bond acceptors (Lipinski definition) is 3. The highest BCUT2D eigenvalue weighted by atomic mass is 19.4. The summed E-state index contributed by atoms with van der Waals surface area (Å²) >= 11 is 0. The van der Waals surface area contributed by atoms with E-state index in [0.717, 1.165) is 0 Å². The van der Waals surface area contributed by atoms with E-state index in [9.17, 15) is 31.1 Å². The van der Waals surface area contributed by atoms with Crippen molar-refractivity contribution >= 4 is 11.5 Å². The summed E-state index contributed by atoms with van der Waals surface area (Å²) in [6.07, 6.45) is -10.2. The third-order valence-corrected chi connectivity index (χ3v) is 1.76. The number of benzene rings is 1. The van der Waals surface area contributed by atoms with E-state index in [4.69, 9.17) is 5.73 Å². The maximum Gasteiger partial charge on any atom is 0.573 e. The average molecular weight is 273 g/mol. The van der Waals surface area contributed by atoms with E-state index < -0.39 is 35.3 Å². The summed E-state index contributed by atoms with van der Waals surface area (Å²) in [5.41, 5.74) is 3.39. The number of Topliss-reactive ketones (excluding diaryl/α,β-unsaturated/α-hetero) is 1. The Hall–Kier alpha value is -1.93. The lowest BCUT2D eigenvalue weighted by Crippen LogP contribution is -2.24. The van der Waals surface area contributed by atoms with Crippen molar-refractivity contribution < 1.29 is 35.9 Å². The second-order valence-corrected chi connectivity index (χ2v) is 3.12. The van der Waals surface area contributed by atoms with E-state index in [1.165, 1.54) is 0 Å². The molecule has 0 aliphatic heterocycles. The van der Waals surface area contributed by atoms with E-state index >= 15 is 0 Å². The quantitative estimate of drug-likeness (QED) is 0.512. The second-order valence-electron chi connectivity index (χ2n) is 3.12. The number of carbonyl (C=O) groups excluding carboxylic acids is 1. The van der Waals surface area contributed by atoms with Crippen LogP contribution in [0, 0.1) is 0 Å². The standard InChI is InChI=1S/C9H5F6NO2/c10-8(11,12)7(17)5-2-1-4(3-6(5)16)18-9(13,14)15/h1-3H,16H2. The summed E-state index contributed by atoms with van der Waals surface area (Å²) in [6, 6.07) is 1.58. The molecule has 0 aliphatic carbocycles. The predicted octanol–water partition coefficient (Wildman–Crippen LogP) is 2.91. The molecule has 0 saturated heterocycles. The molecule has 0 amide bonds. The smallest absolute Gasteiger partial charge is 0.406 e. The van der Waals surface area contributed by atoms with Crippen molar-refractivity contribution in [1.29, 1.82) is 0 Å². The number of hydrogen-bond donors (Lipinski definition) is 1. The molecule has 0 radical (unpaired) electrons. The van der Waals surface area contributed by atoms with E-state index in [1.807, 2.05) is 0 Å². The fraction of sp³-hybridized carbons (Fsp3) is 0.222. The highest BCUT2D eigenvalue weighted by Crippen LogP contribution is 2.29. The van der Waals surface area contributed by atoms with Gasteiger partial charge >= 0.3 is 12.5 Å². The van der Waals surface area contributed by atoms with Gasteiger partial charge in [-0.2, -0.15) is 13.2 Å². The van der Waals surface area contributed by atoms with Gasteiger partial charge in [-0.15, -0.1) is 13.2 Å². The van der Waals surface area contributed by atoms with E-state index in [2.05, 4.69) is 4.74 Å². The summed E-state index contributed by atoms with van der Waals surface area (Å²) in [6.45, 7) is 0. The first-order valence-corrected chi connectivity index (χ1v) is 4.27. The lowest BCUT2D eigenvalue weighted by atomic mass is 10.1. The van der Waals surface area contributed by atoms with Gasteiger partial charge in [0.1, 0.15) is 5.75 Å². The first-order valence-electron chi connectivity index (χ1n) is 4.27. The van der Waals surface area contributed by atoms with Gasteiger partial charge in [0.25, 0.3) is 5.78 Å². The van der Waals surface area contributed by atoms with Crippen LogP contribution in [0.25, 0.3) is 0 Å².